The molecule has 0 unspecified atom stereocenters. The molecular weight excluding hydrogens is 460 g/mol. The Morgan fingerprint density at radius 1 is 1.03 bits per heavy atom. The summed E-state index contributed by atoms with van der Waals surface area (Å²) in [6.45, 7) is 7.70. The van der Waals surface area contributed by atoms with E-state index in [4.69, 9.17) is 9.47 Å². The smallest absolute Gasteiger partial charge is 0.234 e. The number of rotatable bonds is 6. The van der Waals surface area contributed by atoms with Crippen molar-refractivity contribution in [2.24, 2.45) is 0 Å². The molecular formula is C27H32N4O3S. The fraction of sp³-hybridized carbons (Fsp3) is 0.444. The molecule has 0 atom stereocenters. The van der Waals surface area contributed by atoms with Crippen molar-refractivity contribution in [1.82, 2.24) is 14.8 Å². The van der Waals surface area contributed by atoms with Crippen LogP contribution in [0, 0.1) is 0 Å². The molecule has 7 nitrogen and oxygen atoms in total. The number of carbonyl (C=O) groups is 1. The monoisotopic (exact) mass is 492 g/mol. The first-order valence-corrected chi connectivity index (χ1v) is 13.3. The summed E-state index contributed by atoms with van der Waals surface area (Å²) in [5.74, 6) is 2.40. The van der Waals surface area contributed by atoms with Crippen molar-refractivity contribution in [1.29, 1.82) is 0 Å². The molecule has 3 aromatic rings. The number of nitrogens with zero attached hydrogens (tertiary/aromatic N) is 3. The molecule has 8 heteroatoms. The lowest BCUT2D eigenvalue weighted by molar-refractivity contribution is -0.113. The molecule has 2 aromatic carbocycles. The molecule has 1 aliphatic carbocycles. The lowest BCUT2D eigenvalue weighted by atomic mass is 9.86. The first kappa shape index (κ1) is 23.7. The van der Waals surface area contributed by atoms with Crippen LogP contribution in [0.2, 0.25) is 0 Å². The van der Waals surface area contributed by atoms with Gasteiger partial charge in [-0.25, -0.2) is 0 Å². The first-order valence-electron chi connectivity index (χ1n) is 12.3. The predicted molar refractivity (Wildman–Crippen MR) is 138 cm³/mol. The van der Waals surface area contributed by atoms with Gasteiger partial charge in [-0.15, -0.1) is 10.2 Å². The molecule has 0 spiro atoms. The van der Waals surface area contributed by atoms with Crippen LogP contribution in [0.25, 0.3) is 11.4 Å². The minimum Gasteiger partial charge on any atom is -0.486 e. The SMILES string of the molecule is CC(C)(C)c1ccc(-c2nnc(SCC(=O)Nc3ccc4c(c3)OCCO4)n2C2CCCC2)cc1. The van der Waals surface area contributed by atoms with Gasteiger partial charge in [0.25, 0.3) is 0 Å². The molecule has 0 bridgehead atoms. The van der Waals surface area contributed by atoms with E-state index < -0.39 is 0 Å². The average Bonchev–Trinajstić information content (AvgIpc) is 3.52. The highest BCUT2D eigenvalue weighted by Gasteiger charge is 2.26. The van der Waals surface area contributed by atoms with Crippen LogP contribution in [0.5, 0.6) is 11.5 Å². The second-order valence-corrected chi connectivity index (χ2v) is 11.1. The van der Waals surface area contributed by atoms with E-state index in [2.05, 4.69) is 65.1 Å². The summed E-state index contributed by atoms with van der Waals surface area (Å²) in [6, 6.07) is 14.5. The third-order valence-electron chi connectivity index (χ3n) is 6.52. The van der Waals surface area contributed by atoms with E-state index in [-0.39, 0.29) is 17.1 Å². The summed E-state index contributed by atoms with van der Waals surface area (Å²) in [4.78, 5) is 12.7. The Bertz CT molecular complexity index is 1190. The molecule has 1 aliphatic heterocycles. The van der Waals surface area contributed by atoms with Gasteiger partial charge in [0, 0.05) is 23.4 Å². The summed E-state index contributed by atoms with van der Waals surface area (Å²) in [7, 11) is 0. The van der Waals surface area contributed by atoms with Gasteiger partial charge in [-0.1, -0.05) is 69.6 Å². The second-order valence-electron chi connectivity index (χ2n) is 10.1. The van der Waals surface area contributed by atoms with Crippen molar-refractivity contribution in [2.45, 2.75) is 63.1 Å². The van der Waals surface area contributed by atoms with Gasteiger partial charge in [-0.2, -0.15) is 0 Å². The Labute approximate surface area is 210 Å². The summed E-state index contributed by atoms with van der Waals surface area (Å²) >= 11 is 1.43. The largest absolute Gasteiger partial charge is 0.486 e. The van der Waals surface area contributed by atoms with Gasteiger partial charge < -0.3 is 14.8 Å². The van der Waals surface area contributed by atoms with Crippen LogP contribution < -0.4 is 14.8 Å². The van der Waals surface area contributed by atoms with E-state index in [9.17, 15) is 4.79 Å². The van der Waals surface area contributed by atoms with Crippen molar-refractivity contribution in [3.63, 3.8) is 0 Å². The molecule has 35 heavy (non-hydrogen) atoms. The fourth-order valence-corrected chi connectivity index (χ4v) is 5.44. The van der Waals surface area contributed by atoms with Gasteiger partial charge in [-0.3, -0.25) is 9.36 Å². The quantitative estimate of drug-likeness (QED) is 0.434. The normalized spacial score (nSPS) is 15.9. The van der Waals surface area contributed by atoms with E-state index in [1.807, 2.05) is 12.1 Å². The molecule has 1 amide bonds. The number of benzene rings is 2. The maximum absolute atomic E-state index is 12.7. The standard InChI is InChI=1S/C27H32N4O3S/c1-27(2,3)19-10-8-18(9-11-19)25-29-30-26(31(25)21-6-4-5-7-21)35-17-24(32)28-20-12-13-22-23(16-20)34-15-14-33-22/h8-13,16,21H,4-7,14-15,17H2,1-3H3,(H,28,32). The van der Waals surface area contributed by atoms with Crippen LogP contribution in [0.15, 0.2) is 47.6 Å². The Morgan fingerprint density at radius 2 is 1.74 bits per heavy atom. The average molecular weight is 493 g/mol. The molecule has 2 aliphatic rings. The summed E-state index contributed by atoms with van der Waals surface area (Å²) in [5.41, 5.74) is 3.14. The molecule has 1 N–H and O–H groups in total. The van der Waals surface area contributed by atoms with Gasteiger partial charge in [0.05, 0.1) is 5.75 Å². The van der Waals surface area contributed by atoms with Crippen LogP contribution in [-0.2, 0) is 10.2 Å². The number of amides is 1. The maximum Gasteiger partial charge on any atom is 0.234 e. The third kappa shape index (κ3) is 5.32. The Balaban J connectivity index is 1.31. The number of hydrogen-bond donors (Lipinski definition) is 1. The van der Waals surface area contributed by atoms with Crippen LogP contribution in [-0.4, -0.2) is 39.6 Å². The lowest BCUT2D eigenvalue weighted by Crippen LogP contribution is -2.17. The molecule has 0 saturated heterocycles. The number of aromatic nitrogens is 3. The van der Waals surface area contributed by atoms with Crippen LogP contribution >= 0.6 is 11.8 Å². The topological polar surface area (TPSA) is 78.3 Å². The van der Waals surface area contributed by atoms with Crippen LogP contribution in [0.3, 0.4) is 0 Å². The first-order chi connectivity index (χ1) is 16.9. The number of fused-ring (bicyclic) bond motifs is 1. The highest BCUT2D eigenvalue weighted by Crippen LogP contribution is 2.37. The van der Waals surface area contributed by atoms with Crippen LogP contribution in [0.1, 0.15) is 58.1 Å². The number of hydrogen-bond acceptors (Lipinski definition) is 6. The third-order valence-corrected chi connectivity index (χ3v) is 7.46. The highest BCUT2D eigenvalue weighted by atomic mass is 32.2. The van der Waals surface area contributed by atoms with Gasteiger partial charge in [0.1, 0.15) is 13.2 Å². The molecule has 0 radical (unpaired) electrons. The van der Waals surface area contributed by atoms with Gasteiger partial charge in [0.2, 0.25) is 5.91 Å². The zero-order chi connectivity index (χ0) is 24.4. The van der Waals surface area contributed by atoms with E-state index in [0.717, 1.165) is 29.4 Å². The minimum atomic E-state index is -0.0938. The molecule has 184 valence electrons. The Kier molecular flexibility index (Phi) is 6.73. The zero-order valence-corrected chi connectivity index (χ0v) is 21.4. The maximum atomic E-state index is 12.7. The number of carbonyl (C=O) groups excluding carboxylic acids is 1. The summed E-state index contributed by atoms with van der Waals surface area (Å²) < 4.78 is 13.4. The number of thioether (sulfide) groups is 1. The Hall–Kier alpha value is -3.00. The summed E-state index contributed by atoms with van der Waals surface area (Å²) in [5, 5.41) is 12.8. The molecule has 1 fully saturated rings. The van der Waals surface area contributed by atoms with Crippen molar-refractivity contribution in [3.8, 4) is 22.9 Å². The number of nitrogens with one attached hydrogen (secondary N) is 1. The fourth-order valence-electron chi connectivity index (χ4n) is 4.63. The van der Waals surface area contributed by atoms with E-state index in [1.165, 1.54) is 30.2 Å². The van der Waals surface area contributed by atoms with E-state index >= 15 is 0 Å². The van der Waals surface area contributed by atoms with Crippen molar-refractivity contribution < 1.29 is 14.3 Å². The Morgan fingerprint density at radius 3 is 2.46 bits per heavy atom. The second kappa shape index (κ2) is 9.93. The van der Waals surface area contributed by atoms with E-state index in [1.54, 1.807) is 6.07 Å². The van der Waals surface area contributed by atoms with Gasteiger partial charge in [0.15, 0.2) is 22.5 Å². The lowest BCUT2D eigenvalue weighted by Gasteiger charge is -2.20. The molecule has 5 rings (SSSR count). The number of ether oxygens (including phenoxy) is 2. The molecule has 1 aromatic heterocycles. The van der Waals surface area contributed by atoms with Crippen molar-refractivity contribution in [3.05, 3.63) is 48.0 Å². The van der Waals surface area contributed by atoms with Gasteiger partial charge >= 0.3 is 0 Å². The molecule has 1 saturated carbocycles. The van der Waals surface area contributed by atoms with Crippen molar-refractivity contribution in [2.75, 3.05) is 24.3 Å². The zero-order valence-electron chi connectivity index (χ0n) is 20.5. The molecule has 2 heterocycles. The van der Waals surface area contributed by atoms with Crippen molar-refractivity contribution >= 4 is 23.4 Å². The van der Waals surface area contributed by atoms with E-state index in [0.29, 0.717) is 36.4 Å². The van der Waals surface area contributed by atoms with Crippen LogP contribution in [0.4, 0.5) is 5.69 Å². The predicted octanol–water partition coefficient (Wildman–Crippen LogP) is 5.86. The minimum absolute atomic E-state index is 0.0938. The summed E-state index contributed by atoms with van der Waals surface area (Å²) in [6.07, 6.45) is 4.64. The highest BCUT2D eigenvalue weighted by molar-refractivity contribution is 7.99. The number of anilines is 1. The van der Waals surface area contributed by atoms with Gasteiger partial charge in [-0.05, 0) is 36.0 Å².